The number of fused-ring (bicyclic) bond motifs is 1. The number of nitrogens with two attached hydrogens (primary N) is 1. The fraction of sp³-hybridized carbons (Fsp3) is 0.429. The number of carbonyl (C=O) groups excluding carboxylic acids is 2. The van der Waals surface area contributed by atoms with Crippen molar-refractivity contribution < 1.29 is 9.59 Å². The van der Waals surface area contributed by atoms with Crippen LogP contribution in [0.4, 0.5) is 16.4 Å². The van der Waals surface area contributed by atoms with E-state index in [1.54, 1.807) is 30.6 Å². The molecule has 4 N–H and O–H groups in total. The van der Waals surface area contributed by atoms with E-state index < -0.39 is 6.03 Å². The number of benzene rings is 1. The molecule has 2 aromatic rings. The highest BCUT2D eigenvalue weighted by Gasteiger charge is 2.46. The van der Waals surface area contributed by atoms with Gasteiger partial charge in [0.2, 0.25) is 11.9 Å². The molecule has 2 heterocycles. The van der Waals surface area contributed by atoms with E-state index in [9.17, 15) is 9.59 Å². The molecule has 8 nitrogen and oxygen atoms in total. The lowest BCUT2D eigenvalue weighted by Crippen LogP contribution is -2.47. The molecule has 4 rings (SSSR count). The summed E-state index contributed by atoms with van der Waals surface area (Å²) in [6, 6.07) is 8.53. The number of anilines is 2. The standard InChI is InChI=1S/C21H26N6O2/c22-20(29)26-16-8-6-14(7-9-16)13-25-19(28)18-12-15-4-1-2-5-17(15)27(18)21-23-10-3-11-24-21/h3,6-11,15,17-18H,1-2,4-5,12-13H2,(H,25,28)(H3,22,26,29). The Kier molecular flexibility index (Phi) is 5.59. The van der Waals surface area contributed by atoms with E-state index in [0.717, 1.165) is 24.8 Å². The van der Waals surface area contributed by atoms with Crippen LogP contribution in [0, 0.1) is 5.92 Å². The van der Waals surface area contributed by atoms with Crippen LogP contribution in [-0.2, 0) is 11.3 Å². The predicted molar refractivity (Wildman–Crippen MR) is 110 cm³/mol. The Balaban J connectivity index is 1.44. The summed E-state index contributed by atoms with van der Waals surface area (Å²) in [7, 11) is 0. The van der Waals surface area contributed by atoms with Crippen molar-refractivity contribution in [2.75, 3.05) is 10.2 Å². The molecule has 2 aliphatic rings. The van der Waals surface area contributed by atoms with E-state index in [1.807, 2.05) is 12.1 Å². The Hall–Kier alpha value is -3.16. The highest BCUT2D eigenvalue weighted by Crippen LogP contribution is 2.41. The van der Waals surface area contributed by atoms with Gasteiger partial charge in [-0.15, -0.1) is 0 Å². The lowest BCUT2D eigenvalue weighted by Gasteiger charge is -2.33. The number of primary amides is 1. The van der Waals surface area contributed by atoms with Crippen LogP contribution in [0.3, 0.4) is 0 Å². The van der Waals surface area contributed by atoms with Crippen LogP contribution in [0.5, 0.6) is 0 Å². The zero-order chi connectivity index (χ0) is 20.2. The van der Waals surface area contributed by atoms with E-state index in [4.69, 9.17) is 5.73 Å². The Morgan fingerprint density at radius 2 is 1.83 bits per heavy atom. The number of rotatable bonds is 5. The number of aromatic nitrogens is 2. The Bertz CT molecular complexity index is 857. The predicted octanol–water partition coefficient (Wildman–Crippen LogP) is 2.42. The van der Waals surface area contributed by atoms with Gasteiger partial charge in [-0.05, 0) is 48.9 Å². The summed E-state index contributed by atoms with van der Waals surface area (Å²) in [6.45, 7) is 0.422. The number of urea groups is 1. The van der Waals surface area contributed by atoms with Gasteiger partial charge in [-0.1, -0.05) is 25.0 Å². The zero-order valence-corrected chi connectivity index (χ0v) is 16.3. The van der Waals surface area contributed by atoms with Crippen molar-refractivity contribution in [2.24, 2.45) is 11.7 Å². The molecule has 1 aliphatic heterocycles. The van der Waals surface area contributed by atoms with Gasteiger partial charge in [-0.25, -0.2) is 14.8 Å². The van der Waals surface area contributed by atoms with Crippen molar-refractivity contribution in [3.63, 3.8) is 0 Å². The molecule has 3 atom stereocenters. The largest absolute Gasteiger partial charge is 0.351 e. The van der Waals surface area contributed by atoms with E-state index in [1.165, 1.54) is 12.8 Å². The van der Waals surface area contributed by atoms with Crippen molar-refractivity contribution >= 4 is 23.6 Å². The van der Waals surface area contributed by atoms with Crippen molar-refractivity contribution in [3.05, 3.63) is 48.3 Å². The minimum Gasteiger partial charge on any atom is -0.351 e. The normalized spacial score (nSPS) is 23.3. The van der Waals surface area contributed by atoms with E-state index >= 15 is 0 Å². The summed E-state index contributed by atoms with van der Waals surface area (Å²) in [4.78, 5) is 35.0. The van der Waals surface area contributed by atoms with Crippen molar-refractivity contribution in [3.8, 4) is 0 Å². The summed E-state index contributed by atoms with van der Waals surface area (Å²) in [6.07, 6.45) is 8.96. The molecule has 0 radical (unpaired) electrons. The molecule has 8 heteroatoms. The van der Waals surface area contributed by atoms with Crippen LogP contribution >= 0.6 is 0 Å². The van der Waals surface area contributed by atoms with Gasteiger partial charge < -0.3 is 21.3 Å². The molecule has 0 bridgehead atoms. The number of amides is 3. The number of carbonyl (C=O) groups is 2. The second-order valence-corrected chi connectivity index (χ2v) is 7.72. The Morgan fingerprint density at radius 1 is 1.10 bits per heavy atom. The van der Waals surface area contributed by atoms with Crippen LogP contribution in [-0.4, -0.2) is 34.0 Å². The maximum Gasteiger partial charge on any atom is 0.316 e. The van der Waals surface area contributed by atoms with Gasteiger partial charge in [-0.2, -0.15) is 0 Å². The van der Waals surface area contributed by atoms with Gasteiger partial charge >= 0.3 is 6.03 Å². The van der Waals surface area contributed by atoms with Crippen molar-refractivity contribution in [2.45, 2.75) is 50.7 Å². The molecular weight excluding hydrogens is 368 g/mol. The molecule has 3 amide bonds. The fourth-order valence-corrected chi connectivity index (χ4v) is 4.56. The Labute approximate surface area is 169 Å². The van der Waals surface area contributed by atoms with Gasteiger partial charge in [0.15, 0.2) is 0 Å². The van der Waals surface area contributed by atoms with Crippen molar-refractivity contribution in [1.82, 2.24) is 15.3 Å². The lowest BCUT2D eigenvalue weighted by molar-refractivity contribution is -0.122. The average Bonchev–Trinajstić information content (AvgIpc) is 3.13. The monoisotopic (exact) mass is 394 g/mol. The number of hydrogen-bond acceptors (Lipinski definition) is 5. The number of nitrogens with one attached hydrogen (secondary N) is 2. The first-order chi connectivity index (χ1) is 14.1. The summed E-state index contributed by atoms with van der Waals surface area (Å²) in [5.41, 5.74) is 6.69. The summed E-state index contributed by atoms with van der Waals surface area (Å²) >= 11 is 0. The maximum absolute atomic E-state index is 13.1. The molecule has 1 saturated carbocycles. The second kappa shape index (κ2) is 8.46. The quantitative estimate of drug-likeness (QED) is 0.721. The van der Waals surface area contributed by atoms with Crippen LogP contribution in [0.2, 0.25) is 0 Å². The Morgan fingerprint density at radius 3 is 2.55 bits per heavy atom. The van der Waals surface area contributed by atoms with Crippen LogP contribution < -0.4 is 21.3 Å². The van der Waals surface area contributed by atoms with Crippen LogP contribution in [0.15, 0.2) is 42.7 Å². The summed E-state index contributed by atoms with van der Waals surface area (Å²) < 4.78 is 0. The van der Waals surface area contributed by atoms with Crippen molar-refractivity contribution in [1.29, 1.82) is 0 Å². The maximum atomic E-state index is 13.1. The van der Waals surface area contributed by atoms with Gasteiger partial charge in [0, 0.05) is 30.7 Å². The summed E-state index contributed by atoms with van der Waals surface area (Å²) in [5.74, 6) is 1.16. The fourth-order valence-electron chi connectivity index (χ4n) is 4.56. The first kappa shape index (κ1) is 19.2. The zero-order valence-electron chi connectivity index (χ0n) is 16.3. The minimum atomic E-state index is -0.600. The van der Waals surface area contributed by atoms with Gasteiger partial charge in [0.05, 0.1) is 0 Å². The molecular formula is C21H26N6O2. The third-order valence-corrected chi connectivity index (χ3v) is 5.86. The lowest BCUT2D eigenvalue weighted by atomic mass is 9.85. The molecule has 29 heavy (non-hydrogen) atoms. The van der Waals surface area contributed by atoms with Crippen LogP contribution in [0.25, 0.3) is 0 Å². The highest BCUT2D eigenvalue weighted by molar-refractivity contribution is 5.88. The molecule has 2 fully saturated rings. The molecule has 1 aromatic carbocycles. The molecule has 1 aliphatic carbocycles. The van der Waals surface area contributed by atoms with Crippen LogP contribution in [0.1, 0.15) is 37.7 Å². The first-order valence-electron chi connectivity index (χ1n) is 10.1. The first-order valence-corrected chi connectivity index (χ1v) is 10.1. The minimum absolute atomic E-state index is 0.00573. The van der Waals surface area contributed by atoms with E-state index in [2.05, 4.69) is 25.5 Å². The number of nitrogens with zero attached hydrogens (tertiary/aromatic N) is 3. The second-order valence-electron chi connectivity index (χ2n) is 7.72. The number of hydrogen-bond donors (Lipinski definition) is 3. The highest BCUT2D eigenvalue weighted by atomic mass is 16.2. The molecule has 1 saturated heterocycles. The molecule has 152 valence electrons. The topological polar surface area (TPSA) is 113 Å². The SMILES string of the molecule is NC(=O)Nc1ccc(CNC(=O)C2CC3CCCCC3N2c2ncccn2)cc1. The average molecular weight is 394 g/mol. The third-order valence-electron chi connectivity index (χ3n) is 5.86. The summed E-state index contributed by atoms with van der Waals surface area (Å²) in [5, 5.41) is 5.59. The molecule has 1 aromatic heterocycles. The van der Waals surface area contributed by atoms with Gasteiger partial charge in [-0.3, -0.25) is 4.79 Å². The smallest absolute Gasteiger partial charge is 0.316 e. The third kappa shape index (κ3) is 4.31. The van der Waals surface area contributed by atoms with Gasteiger partial charge in [0.25, 0.3) is 0 Å². The van der Waals surface area contributed by atoms with E-state index in [-0.39, 0.29) is 11.9 Å². The molecule has 3 unspecified atom stereocenters. The van der Waals surface area contributed by atoms with E-state index in [0.29, 0.717) is 30.1 Å². The van der Waals surface area contributed by atoms with Gasteiger partial charge in [0.1, 0.15) is 6.04 Å². The molecule has 0 spiro atoms.